The number of halogens is 2. The van der Waals surface area contributed by atoms with Crippen molar-refractivity contribution in [2.45, 2.75) is 6.42 Å². The van der Waals surface area contributed by atoms with E-state index in [0.717, 1.165) is 19.6 Å². The van der Waals surface area contributed by atoms with Gasteiger partial charge in [0.1, 0.15) is 0 Å². The van der Waals surface area contributed by atoms with Crippen molar-refractivity contribution >= 4 is 28.9 Å². The van der Waals surface area contributed by atoms with Crippen LogP contribution in [-0.4, -0.2) is 19.8 Å². The molecule has 0 saturated carbocycles. The van der Waals surface area contributed by atoms with Crippen molar-refractivity contribution in [1.82, 2.24) is 0 Å². The van der Waals surface area contributed by atoms with Gasteiger partial charge in [0, 0.05) is 18.2 Å². The molecule has 1 heterocycles. The van der Waals surface area contributed by atoms with Gasteiger partial charge >= 0.3 is 0 Å². The Morgan fingerprint density at radius 3 is 2.62 bits per heavy atom. The van der Waals surface area contributed by atoms with Gasteiger partial charge in [-0.2, -0.15) is 0 Å². The number of anilines is 1. The lowest BCUT2D eigenvalue weighted by Gasteiger charge is -2.13. The lowest BCUT2D eigenvalue weighted by atomic mass is 10.1. The summed E-state index contributed by atoms with van der Waals surface area (Å²) >= 11 is 12.0. The van der Waals surface area contributed by atoms with E-state index in [9.17, 15) is 0 Å². The molecule has 1 aromatic rings. The molecule has 3 nitrogen and oxygen atoms in total. The van der Waals surface area contributed by atoms with Crippen molar-refractivity contribution in [3.63, 3.8) is 0 Å². The van der Waals surface area contributed by atoms with Gasteiger partial charge in [-0.15, -0.1) is 0 Å². The van der Waals surface area contributed by atoms with Gasteiger partial charge in [0.05, 0.1) is 23.3 Å². The first-order chi connectivity index (χ1) is 7.66. The second kappa shape index (κ2) is 5.13. The van der Waals surface area contributed by atoms with Crippen molar-refractivity contribution in [1.29, 1.82) is 0 Å². The van der Waals surface area contributed by atoms with E-state index < -0.39 is 0 Å². The van der Waals surface area contributed by atoms with Crippen molar-refractivity contribution in [3.05, 3.63) is 22.2 Å². The molecule has 1 atom stereocenters. The molecule has 2 rings (SSSR count). The summed E-state index contributed by atoms with van der Waals surface area (Å²) in [4.78, 5) is 0. The second-order valence-electron chi connectivity index (χ2n) is 3.85. The molecule has 16 heavy (non-hydrogen) atoms. The van der Waals surface area contributed by atoms with Crippen LogP contribution in [-0.2, 0) is 4.74 Å². The topological polar surface area (TPSA) is 44.5 Å². The van der Waals surface area contributed by atoms with Gasteiger partial charge in [0.25, 0.3) is 0 Å². The van der Waals surface area contributed by atoms with Crippen molar-refractivity contribution in [3.8, 4) is 5.75 Å². The van der Waals surface area contributed by atoms with Crippen LogP contribution in [0.5, 0.6) is 5.75 Å². The van der Waals surface area contributed by atoms with Crippen molar-refractivity contribution < 1.29 is 9.47 Å². The van der Waals surface area contributed by atoms with E-state index in [-0.39, 0.29) is 0 Å². The average Bonchev–Trinajstić information content (AvgIpc) is 2.68. The van der Waals surface area contributed by atoms with Gasteiger partial charge in [-0.3, -0.25) is 0 Å². The van der Waals surface area contributed by atoms with Crippen molar-refractivity contribution in [2.24, 2.45) is 5.92 Å². The number of rotatable bonds is 3. The third kappa shape index (κ3) is 2.73. The maximum atomic E-state index is 6.00. The van der Waals surface area contributed by atoms with Crippen LogP contribution in [0.1, 0.15) is 6.42 Å². The number of hydrogen-bond donors (Lipinski definition) is 1. The Kier molecular flexibility index (Phi) is 3.79. The lowest BCUT2D eigenvalue weighted by molar-refractivity contribution is 0.167. The van der Waals surface area contributed by atoms with Gasteiger partial charge in [0.15, 0.2) is 5.75 Å². The average molecular weight is 262 g/mol. The first-order valence-electron chi connectivity index (χ1n) is 5.12. The molecule has 88 valence electrons. The summed E-state index contributed by atoms with van der Waals surface area (Å²) in [6.45, 7) is 2.12. The van der Waals surface area contributed by atoms with Crippen LogP contribution in [0, 0.1) is 5.92 Å². The molecule has 1 fully saturated rings. The van der Waals surface area contributed by atoms with E-state index in [1.54, 1.807) is 12.1 Å². The fourth-order valence-corrected chi connectivity index (χ4v) is 2.25. The smallest absolute Gasteiger partial charge is 0.156 e. The van der Waals surface area contributed by atoms with Crippen LogP contribution in [0.25, 0.3) is 0 Å². The SMILES string of the molecule is Nc1cc(Cl)c(OCC2CCOC2)c(Cl)c1. The fourth-order valence-electron chi connectivity index (χ4n) is 1.63. The Balaban J connectivity index is 2.03. The molecule has 1 aromatic carbocycles. The molecule has 0 aliphatic carbocycles. The summed E-state index contributed by atoms with van der Waals surface area (Å²) in [5, 5.41) is 0.896. The molecule has 0 bridgehead atoms. The van der Waals surface area contributed by atoms with Gasteiger partial charge in [-0.05, 0) is 18.6 Å². The number of nitrogens with two attached hydrogens (primary N) is 1. The molecule has 1 unspecified atom stereocenters. The number of nitrogen functional groups attached to an aromatic ring is 1. The third-order valence-corrected chi connectivity index (χ3v) is 3.07. The minimum atomic E-state index is 0.421. The molecule has 1 aliphatic rings. The van der Waals surface area contributed by atoms with Crippen LogP contribution in [0.3, 0.4) is 0 Å². The van der Waals surface area contributed by atoms with Gasteiger partial charge in [-0.25, -0.2) is 0 Å². The van der Waals surface area contributed by atoms with Crippen LogP contribution in [0.15, 0.2) is 12.1 Å². The Labute approximate surface area is 104 Å². The molecular formula is C11H13Cl2NO2. The number of hydrogen-bond acceptors (Lipinski definition) is 3. The zero-order chi connectivity index (χ0) is 11.5. The maximum absolute atomic E-state index is 6.00. The molecule has 0 radical (unpaired) electrons. The highest BCUT2D eigenvalue weighted by molar-refractivity contribution is 6.37. The summed E-state index contributed by atoms with van der Waals surface area (Å²) < 4.78 is 10.9. The first-order valence-corrected chi connectivity index (χ1v) is 5.87. The molecule has 0 amide bonds. The zero-order valence-corrected chi connectivity index (χ0v) is 10.2. The largest absolute Gasteiger partial charge is 0.490 e. The number of ether oxygens (including phenoxy) is 2. The summed E-state index contributed by atoms with van der Waals surface area (Å²) in [7, 11) is 0. The highest BCUT2D eigenvalue weighted by Crippen LogP contribution is 2.35. The third-order valence-electron chi connectivity index (χ3n) is 2.51. The fraction of sp³-hybridized carbons (Fsp3) is 0.455. The van der Waals surface area contributed by atoms with Crippen LogP contribution in [0.2, 0.25) is 10.0 Å². The Bertz CT molecular complexity index is 355. The monoisotopic (exact) mass is 261 g/mol. The quantitative estimate of drug-likeness (QED) is 0.851. The minimum Gasteiger partial charge on any atom is -0.490 e. The molecule has 5 heteroatoms. The highest BCUT2D eigenvalue weighted by atomic mass is 35.5. The van der Waals surface area contributed by atoms with E-state index in [1.807, 2.05) is 0 Å². The van der Waals surface area contributed by atoms with E-state index in [4.69, 9.17) is 38.4 Å². The minimum absolute atomic E-state index is 0.421. The van der Waals surface area contributed by atoms with E-state index >= 15 is 0 Å². The standard InChI is InChI=1S/C11H13Cl2NO2/c12-9-3-8(14)4-10(13)11(9)16-6-7-1-2-15-5-7/h3-4,7H,1-2,5-6,14H2. The highest BCUT2D eigenvalue weighted by Gasteiger charge is 2.18. The lowest BCUT2D eigenvalue weighted by Crippen LogP contribution is -2.12. The van der Waals surface area contributed by atoms with Crippen molar-refractivity contribution in [2.75, 3.05) is 25.6 Å². The van der Waals surface area contributed by atoms with E-state index in [0.29, 0.717) is 34.0 Å². The van der Waals surface area contributed by atoms with E-state index in [2.05, 4.69) is 0 Å². The molecular weight excluding hydrogens is 249 g/mol. The second-order valence-corrected chi connectivity index (χ2v) is 4.67. The molecule has 1 aliphatic heterocycles. The van der Waals surface area contributed by atoms with E-state index in [1.165, 1.54) is 0 Å². The normalized spacial score (nSPS) is 20.0. The predicted octanol–water partition coefficient (Wildman–Crippen LogP) is 2.99. The summed E-state index contributed by atoms with van der Waals surface area (Å²) in [5.74, 6) is 0.925. The Morgan fingerprint density at radius 1 is 1.38 bits per heavy atom. The molecule has 0 aromatic heterocycles. The molecule has 0 spiro atoms. The first kappa shape index (κ1) is 11.8. The Hall–Kier alpha value is -0.640. The number of benzene rings is 1. The van der Waals surface area contributed by atoms with Crippen LogP contribution in [0.4, 0.5) is 5.69 Å². The van der Waals surface area contributed by atoms with Crippen LogP contribution >= 0.6 is 23.2 Å². The summed E-state index contributed by atoms with van der Waals surface area (Å²) in [6.07, 6.45) is 1.02. The van der Waals surface area contributed by atoms with Gasteiger partial charge < -0.3 is 15.2 Å². The van der Waals surface area contributed by atoms with Gasteiger partial charge in [-0.1, -0.05) is 23.2 Å². The van der Waals surface area contributed by atoms with Gasteiger partial charge in [0.2, 0.25) is 0 Å². The summed E-state index contributed by atoms with van der Waals surface area (Å²) in [5.41, 5.74) is 6.14. The maximum Gasteiger partial charge on any atom is 0.156 e. The Morgan fingerprint density at radius 2 is 2.06 bits per heavy atom. The molecule has 2 N–H and O–H groups in total. The molecule has 1 saturated heterocycles. The predicted molar refractivity (Wildman–Crippen MR) is 65.3 cm³/mol. The summed E-state index contributed by atoms with van der Waals surface area (Å²) in [6, 6.07) is 3.27. The van der Waals surface area contributed by atoms with Crippen LogP contribution < -0.4 is 10.5 Å². The zero-order valence-electron chi connectivity index (χ0n) is 8.71.